The van der Waals surface area contributed by atoms with Crippen molar-refractivity contribution in [2.45, 2.75) is 25.3 Å². The summed E-state index contributed by atoms with van der Waals surface area (Å²) in [6, 6.07) is 6.45. The zero-order chi connectivity index (χ0) is 19.4. The normalized spacial score (nSPS) is 19.3. The van der Waals surface area contributed by atoms with Gasteiger partial charge in [0.15, 0.2) is 0 Å². The molecule has 1 unspecified atom stereocenters. The predicted molar refractivity (Wildman–Crippen MR) is 95.2 cm³/mol. The molecule has 2 aliphatic rings. The van der Waals surface area contributed by atoms with Crippen LogP contribution in [0.5, 0.6) is 0 Å². The molecular weight excluding hydrogens is 354 g/mol. The van der Waals surface area contributed by atoms with Crippen molar-refractivity contribution >= 4 is 35.1 Å². The highest BCUT2D eigenvalue weighted by Crippen LogP contribution is 2.29. The molecule has 0 bridgehead atoms. The number of benzene rings is 1. The van der Waals surface area contributed by atoms with Crippen LogP contribution in [0.1, 0.15) is 19.3 Å². The average Bonchev–Trinajstić information content (AvgIpc) is 2.65. The van der Waals surface area contributed by atoms with Crippen LogP contribution in [0.15, 0.2) is 24.3 Å². The van der Waals surface area contributed by atoms with E-state index in [1.54, 1.807) is 24.3 Å². The lowest BCUT2D eigenvalue weighted by atomic mass is 10.1. The van der Waals surface area contributed by atoms with Gasteiger partial charge in [0.05, 0.1) is 37.1 Å². The van der Waals surface area contributed by atoms with Gasteiger partial charge in [-0.3, -0.25) is 19.2 Å². The van der Waals surface area contributed by atoms with Crippen molar-refractivity contribution in [3.8, 4) is 0 Å². The number of carboxylic acids is 1. The Morgan fingerprint density at radius 1 is 1.19 bits per heavy atom. The minimum absolute atomic E-state index is 0.0464. The predicted octanol–water partition coefficient (Wildman–Crippen LogP) is 0.454. The van der Waals surface area contributed by atoms with Gasteiger partial charge in [-0.25, -0.2) is 0 Å². The maximum Gasteiger partial charge on any atom is 0.305 e. The summed E-state index contributed by atoms with van der Waals surface area (Å²) in [6.45, 7) is 0.726. The first-order valence-corrected chi connectivity index (χ1v) is 8.74. The smallest absolute Gasteiger partial charge is 0.305 e. The van der Waals surface area contributed by atoms with Crippen molar-refractivity contribution in [3.05, 3.63) is 24.3 Å². The summed E-state index contributed by atoms with van der Waals surface area (Å²) in [5.41, 5.74) is 1.16. The van der Waals surface area contributed by atoms with E-state index in [-0.39, 0.29) is 50.1 Å². The van der Waals surface area contributed by atoms with E-state index >= 15 is 0 Å². The van der Waals surface area contributed by atoms with Crippen molar-refractivity contribution in [1.82, 2.24) is 4.90 Å². The number of ether oxygens (including phenoxy) is 1. The molecule has 0 aromatic heterocycles. The molecular formula is C18H21N3O6. The quantitative estimate of drug-likeness (QED) is 0.772. The standard InChI is InChI=1S/C18H21N3O6/c22-15-10-21(14-4-2-1-3-13(14)19-15)17(24)6-5-16(23)20-7-8-27-11-12(20)9-18(25)26/h1-4,12H,5-11H2,(H,19,22)(H,25,26). The van der Waals surface area contributed by atoms with Crippen LogP contribution in [-0.2, 0) is 23.9 Å². The first-order chi connectivity index (χ1) is 13.0. The highest BCUT2D eigenvalue weighted by molar-refractivity contribution is 6.10. The number of carbonyl (C=O) groups is 4. The maximum atomic E-state index is 12.6. The van der Waals surface area contributed by atoms with Crippen LogP contribution in [0.2, 0.25) is 0 Å². The van der Waals surface area contributed by atoms with Crippen LogP contribution in [0.4, 0.5) is 11.4 Å². The second-order valence-corrected chi connectivity index (χ2v) is 6.46. The van der Waals surface area contributed by atoms with Crippen molar-refractivity contribution in [3.63, 3.8) is 0 Å². The zero-order valence-corrected chi connectivity index (χ0v) is 14.7. The summed E-state index contributed by atoms with van der Waals surface area (Å²) in [5.74, 6) is -1.90. The number of morpholine rings is 1. The molecule has 9 heteroatoms. The summed E-state index contributed by atoms with van der Waals surface area (Å²) in [6.07, 6.45) is -0.299. The number of para-hydroxylation sites is 2. The number of rotatable bonds is 5. The molecule has 144 valence electrons. The van der Waals surface area contributed by atoms with Gasteiger partial charge >= 0.3 is 5.97 Å². The summed E-state index contributed by atoms with van der Waals surface area (Å²) < 4.78 is 5.26. The molecule has 1 aromatic rings. The molecule has 1 fully saturated rings. The monoisotopic (exact) mass is 375 g/mol. The van der Waals surface area contributed by atoms with Gasteiger partial charge < -0.3 is 25.0 Å². The van der Waals surface area contributed by atoms with Crippen LogP contribution in [0, 0.1) is 0 Å². The van der Waals surface area contributed by atoms with Gasteiger partial charge in [0, 0.05) is 19.4 Å². The molecule has 3 rings (SSSR count). The lowest BCUT2D eigenvalue weighted by molar-refractivity contribution is -0.147. The van der Waals surface area contributed by atoms with E-state index in [1.807, 2.05) is 0 Å². The lowest BCUT2D eigenvalue weighted by Gasteiger charge is -2.35. The number of hydrogen-bond acceptors (Lipinski definition) is 5. The Bertz CT molecular complexity index is 765. The number of aliphatic carboxylic acids is 1. The number of amides is 3. The first-order valence-electron chi connectivity index (χ1n) is 8.74. The van der Waals surface area contributed by atoms with E-state index in [4.69, 9.17) is 9.84 Å². The molecule has 1 saturated heterocycles. The third kappa shape index (κ3) is 4.43. The Labute approximate surface area is 155 Å². The Hall–Kier alpha value is -2.94. The van der Waals surface area contributed by atoms with Gasteiger partial charge in [-0.2, -0.15) is 0 Å². The SMILES string of the molecule is O=C(O)CC1COCCN1C(=O)CCC(=O)N1CC(=O)Nc2ccccc21. The number of carbonyl (C=O) groups excluding carboxylic acids is 3. The van der Waals surface area contributed by atoms with Gasteiger partial charge in [0.2, 0.25) is 17.7 Å². The van der Waals surface area contributed by atoms with Gasteiger partial charge in [-0.05, 0) is 12.1 Å². The van der Waals surface area contributed by atoms with E-state index in [1.165, 1.54) is 9.80 Å². The Kier molecular flexibility index (Phi) is 5.70. The van der Waals surface area contributed by atoms with Gasteiger partial charge in [-0.15, -0.1) is 0 Å². The van der Waals surface area contributed by atoms with Crippen molar-refractivity contribution in [1.29, 1.82) is 0 Å². The summed E-state index contributed by atoms with van der Waals surface area (Å²) in [7, 11) is 0. The molecule has 3 amide bonds. The summed E-state index contributed by atoms with van der Waals surface area (Å²) in [4.78, 5) is 50.8. The number of hydrogen-bond donors (Lipinski definition) is 2. The van der Waals surface area contributed by atoms with E-state index < -0.39 is 12.0 Å². The lowest BCUT2D eigenvalue weighted by Crippen LogP contribution is -2.50. The van der Waals surface area contributed by atoms with E-state index in [9.17, 15) is 19.2 Å². The van der Waals surface area contributed by atoms with E-state index in [2.05, 4.69) is 5.32 Å². The molecule has 2 aliphatic heterocycles. The van der Waals surface area contributed by atoms with Crippen LogP contribution in [-0.4, -0.2) is 66.0 Å². The highest BCUT2D eigenvalue weighted by Gasteiger charge is 2.31. The largest absolute Gasteiger partial charge is 0.481 e. The summed E-state index contributed by atoms with van der Waals surface area (Å²) in [5, 5.41) is 11.7. The molecule has 2 heterocycles. The molecule has 1 atom stereocenters. The maximum absolute atomic E-state index is 12.6. The minimum Gasteiger partial charge on any atom is -0.481 e. The summed E-state index contributed by atoms with van der Waals surface area (Å²) >= 11 is 0. The van der Waals surface area contributed by atoms with Crippen molar-refractivity contribution < 1.29 is 29.0 Å². The van der Waals surface area contributed by atoms with Crippen LogP contribution < -0.4 is 10.2 Å². The molecule has 0 spiro atoms. The van der Waals surface area contributed by atoms with Gasteiger partial charge in [-0.1, -0.05) is 12.1 Å². The minimum atomic E-state index is -1.00. The number of anilines is 2. The molecule has 1 aromatic carbocycles. The second kappa shape index (κ2) is 8.17. The topological polar surface area (TPSA) is 116 Å². The fraction of sp³-hybridized carbons (Fsp3) is 0.444. The van der Waals surface area contributed by atoms with Gasteiger partial charge in [0.25, 0.3) is 0 Å². The van der Waals surface area contributed by atoms with E-state index in [0.29, 0.717) is 24.5 Å². The van der Waals surface area contributed by atoms with Crippen molar-refractivity contribution in [2.75, 3.05) is 36.5 Å². The molecule has 2 N–H and O–H groups in total. The van der Waals surface area contributed by atoms with Gasteiger partial charge in [0.1, 0.15) is 6.54 Å². The molecule has 0 aliphatic carbocycles. The molecule has 9 nitrogen and oxygen atoms in total. The van der Waals surface area contributed by atoms with Crippen LogP contribution >= 0.6 is 0 Å². The Balaban J connectivity index is 1.62. The number of carboxylic acid groups (broad SMARTS) is 1. The molecule has 27 heavy (non-hydrogen) atoms. The zero-order valence-electron chi connectivity index (χ0n) is 14.7. The number of nitrogens with zero attached hydrogens (tertiary/aromatic N) is 2. The van der Waals surface area contributed by atoms with E-state index in [0.717, 1.165) is 0 Å². The number of fused-ring (bicyclic) bond motifs is 1. The third-order valence-electron chi connectivity index (χ3n) is 4.58. The average molecular weight is 375 g/mol. The fourth-order valence-corrected chi connectivity index (χ4v) is 3.30. The van der Waals surface area contributed by atoms with Crippen LogP contribution in [0.25, 0.3) is 0 Å². The molecule has 0 saturated carbocycles. The van der Waals surface area contributed by atoms with Crippen molar-refractivity contribution in [2.24, 2.45) is 0 Å². The first kappa shape index (κ1) is 18.8. The second-order valence-electron chi connectivity index (χ2n) is 6.46. The third-order valence-corrected chi connectivity index (χ3v) is 4.58. The number of nitrogens with one attached hydrogen (secondary N) is 1. The van der Waals surface area contributed by atoms with Crippen LogP contribution in [0.3, 0.4) is 0 Å². The molecule has 0 radical (unpaired) electrons. The Morgan fingerprint density at radius 2 is 1.93 bits per heavy atom. The highest BCUT2D eigenvalue weighted by atomic mass is 16.5. The fourth-order valence-electron chi connectivity index (χ4n) is 3.30. The Morgan fingerprint density at radius 3 is 2.70 bits per heavy atom.